The Balaban J connectivity index is 0.00000129. The number of rotatable bonds is 4. The van der Waals surface area contributed by atoms with Crippen molar-refractivity contribution in [2.75, 3.05) is 27.7 Å². The van der Waals surface area contributed by atoms with Gasteiger partial charge in [-0.25, -0.2) is 0 Å². The lowest BCUT2D eigenvalue weighted by Gasteiger charge is -2.37. The summed E-state index contributed by atoms with van der Waals surface area (Å²) in [5.41, 5.74) is 3.31. The monoisotopic (exact) mass is 468 g/mol. The van der Waals surface area contributed by atoms with Crippen LogP contribution in [-0.2, 0) is 4.74 Å². The van der Waals surface area contributed by atoms with E-state index in [-0.39, 0.29) is 18.9 Å². The van der Waals surface area contributed by atoms with E-state index in [1.807, 2.05) is 27.1 Å². The van der Waals surface area contributed by atoms with Crippen molar-refractivity contribution >= 4 is 12.2 Å². The average molecular weight is 469 g/mol. The number of benzene rings is 2. The highest BCUT2D eigenvalue weighted by molar-refractivity contribution is 5.96. The van der Waals surface area contributed by atoms with Gasteiger partial charge in [0.1, 0.15) is 18.5 Å². The fraction of sp³-hybridized carbons (Fsp3) is 0.385. The van der Waals surface area contributed by atoms with Gasteiger partial charge in [-0.3, -0.25) is 9.59 Å². The molecule has 8 nitrogen and oxygen atoms in total. The zero-order valence-electron chi connectivity index (χ0n) is 19.8. The van der Waals surface area contributed by atoms with Crippen molar-refractivity contribution in [1.82, 2.24) is 10.6 Å². The van der Waals surface area contributed by atoms with Crippen LogP contribution in [0, 0.1) is 18.8 Å². The van der Waals surface area contributed by atoms with Crippen LogP contribution in [0.3, 0.4) is 0 Å². The lowest BCUT2D eigenvalue weighted by Crippen LogP contribution is -2.44. The van der Waals surface area contributed by atoms with E-state index in [2.05, 4.69) is 22.5 Å². The molecule has 2 aromatic rings. The van der Waals surface area contributed by atoms with Gasteiger partial charge in [-0.1, -0.05) is 24.0 Å². The number of carbonyl (C=O) groups is 2. The first-order valence-electron chi connectivity index (χ1n) is 10.9. The minimum atomic E-state index is -1.12. The summed E-state index contributed by atoms with van der Waals surface area (Å²) in [6.07, 6.45) is -2.65. The molecule has 0 spiro atoms. The van der Waals surface area contributed by atoms with E-state index >= 15 is 0 Å². The van der Waals surface area contributed by atoms with Crippen LogP contribution < -0.4 is 10.6 Å². The Kier molecular flexibility index (Phi) is 10.4. The molecule has 3 unspecified atom stereocenters. The molecule has 0 aliphatic carbocycles. The summed E-state index contributed by atoms with van der Waals surface area (Å²) >= 11 is 0. The van der Waals surface area contributed by atoms with Gasteiger partial charge in [-0.05, 0) is 56.4 Å². The van der Waals surface area contributed by atoms with Crippen molar-refractivity contribution in [3.63, 3.8) is 0 Å². The number of hydrogen-bond acceptors (Lipinski definition) is 7. The minimum absolute atomic E-state index is 0.160. The van der Waals surface area contributed by atoms with Crippen LogP contribution >= 0.6 is 0 Å². The number of aliphatic hydroxyl groups excluding tert-OH is 3. The number of carbonyl (C=O) groups excluding carboxylic acids is 2. The largest absolute Gasteiger partial charge is 0.394 e. The van der Waals surface area contributed by atoms with Gasteiger partial charge in [0.2, 0.25) is 0 Å². The van der Waals surface area contributed by atoms with Crippen LogP contribution in [0.5, 0.6) is 0 Å². The number of ether oxygens (including phenoxy) is 1. The van der Waals surface area contributed by atoms with E-state index in [9.17, 15) is 24.9 Å². The van der Waals surface area contributed by atoms with Crippen LogP contribution in [0.15, 0.2) is 36.4 Å². The molecule has 182 valence electrons. The van der Waals surface area contributed by atoms with E-state index in [1.54, 1.807) is 24.3 Å². The lowest BCUT2D eigenvalue weighted by atomic mass is 9.89. The third-order valence-corrected chi connectivity index (χ3v) is 5.36. The van der Waals surface area contributed by atoms with Crippen LogP contribution in [-0.4, -0.2) is 73.6 Å². The molecule has 1 fully saturated rings. The molecule has 34 heavy (non-hydrogen) atoms. The SMILES string of the molecule is CNC.CNC(=O)c1cc(C#Cc2cccc([C@H]3OC(CO)CC(O)C3O)c2C)cc(C=O)c1. The summed E-state index contributed by atoms with van der Waals surface area (Å²) in [5.74, 6) is 5.72. The van der Waals surface area contributed by atoms with E-state index in [4.69, 9.17) is 4.74 Å². The van der Waals surface area contributed by atoms with Gasteiger partial charge in [0.25, 0.3) is 5.91 Å². The smallest absolute Gasteiger partial charge is 0.251 e. The second-order valence-corrected chi connectivity index (χ2v) is 7.97. The van der Waals surface area contributed by atoms with Crippen LogP contribution in [0.4, 0.5) is 0 Å². The Morgan fingerprint density at radius 3 is 2.50 bits per heavy atom. The van der Waals surface area contributed by atoms with Crippen molar-refractivity contribution in [2.24, 2.45) is 0 Å². The molecule has 0 aromatic heterocycles. The van der Waals surface area contributed by atoms with Gasteiger partial charge < -0.3 is 30.7 Å². The van der Waals surface area contributed by atoms with Crippen LogP contribution in [0.25, 0.3) is 0 Å². The van der Waals surface area contributed by atoms with E-state index < -0.39 is 24.4 Å². The summed E-state index contributed by atoms with van der Waals surface area (Å²) < 4.78 is 5.80. The Morgan fingerprint density at radius 2 is 1.88 bits per heavy atom. The molecule has 1 saturated heterocycles. The zero-order valence-corrected chi connectivity index (χ0v) is 19.8. The molecule has 0 bridgehead atoms. The first kappa shape index (κ1) is 27.2. The molecule has 2 aromatic carbocycles. The maximum Gasteiger partial charge on any atom is 0.251 e. The summed E-state index contributed by atoms with van der Waals surface area (Å²) in [7, 11) is 5.26. The highest BCUT2D eigenvalue weighted by atomic mass is 16.5. The third-order valence-electron chi connectivity index (χ3n) is 5.36. The van der Waals surface area contributed by atoms with Gasteiger partial charge in [0, 0.05) is 35.7 Å². The van der Waals surface area contributed by atoms with Crippen molar-refractivity contribution < 1.29 is 29.6 Å². The molecule has 3 rings (SSSR count). The maximum atomic E-state index is 11.9. The topological polar surface area (TPSA) is 128 Å². The highest BCUT2D eigenvalue weighted by Gasteiger charge is 2.38. The van der Waals surface area contributed by atoms with Crippen molar-refractivity contribution in [1.29, 1.82) is 0 Å². The zero-order chi connectivity index (χ0) is 25.3. The molecule has 1 amide bonds. The predicted molar refractivity (Wildman–Crippen MR) is 129 cm³/mol. The van der Waals surface area contributed by atoms with Gasteiger partial charge in [0.05, 0.1) is 18.8 Å². The fourth-order valence-corrected chi connectivity index (χ4v) is 3.63. The lowest BCUT2D eigenvalue weighted by molar-refractivity contribution is -0.179. The van der Waals surface area contributed by atoms with Gasteiger partial charge in [-0.15, -0.1) is 0 Å². The molecule has 0 radical (unpaired) electrons. The standard InChI is InChI=1S/C24H25NO6.C2H7N/c1-14-17(7-6-15-8-16(12-26)10-18(9-15)24(30)25-2)4-3-5-20(14)23-22(29)21(28)11-19(13-27)31-23;1-3-2/h3-5,8-10,12,19,21-23,27-29H,11,13H2,1-2H3,(H,25,30);3H,1-2H3/t19?,21?,22?,23-;/m1./s1. The average Bonchev–Trinajstić information content (AvgIpc) is 2.84. The number of aldehydes is 1. The van der Waals surface area contributed by atoms with Gasteiger partial charge >= 0.3 is 0 Å². The highest BCUT2D eigenvalue weighted by Crippen LogP contribution is 2.34. The Morgan fingerprint density at radius 1 is 1.18 bits per heavy atom. The number of amides is 1. The molecule has 1 aliphatic heterocycles. The van der Waals surface area contributed by atoms with Gasteiger partial charge in [-0.2, -0.15) is 0 Å². The molecule has 1 aliphatic rings. The molecular formula is C26H32N2O6. The minimum Gasteiger partial charge on any atom is -0.394 e. The fourth-order valence-electron chi connectivity index (χ4n) is 3.63. The molecule has 1 heterocycles. The van der Waals surface area contributed by atoms with Crippen molar-refractivity contribution in [2.45, 2.75) is 37.8 Å². The summed E-state index contributed by atoms with van der Waals surface area (Å²) in [4.78, 5) is 23.2. The van der Waals surface area contributed by atoms with E-state index in [1.165, 1.54) is 13.1 Å². The molecular weight excluding hydrogens is 436 g/mol. The number of aliphatic hydroxyl groups is 3. The Hall–Kier alpha value is -3.06. The molecule has 4 atom stereocenters. The second kappa shape index (κ2) is 13.0. The number of nitrogens with one attached hydrogen (secondary N) is 2. The van der Waals surface area contributed by atoms with E-state index in [0.29, 0.717) is 34.1 Å². The molecule has 5 N–H and O–H groups in total. The Bertz CT molecular complexity index is 1060. The van der Waals surface area contributed by atoms with Crippen LogP contribution in [0.2, 0.25) is 0 Å². The summed E-state index contributed by atoms with van der Waals surface area (Å²) in [6, 6.07) is 10.1. The first-order chi connectivity index (χ1) is 16.3. The number of hydrogen-bond donors (Lipinski definition) is 5. The second-order valence-electron chi connectivity index (χ2n) is 7.97. The quantitative estimate of drug-likeness (QED) is 0.334. The van der Waals surface area contributed by atoms with Gasteiger partial charge in [0.15, 0.2) is 0 Å². The predicted octanol–water partition coefficient (Wildman–Crippen LogP) is 0.947. The van der Waals surface area contributed by atoms with Crippen molar-refractivity contribution in [3.05, 3.63) is 69.8 Å². The van der Waals surface area contributed by atoms with Crippen molar-refractivity contribution in [3.8, 4) is 11.8 Å². The Labute approximate surface area is 200 Å². The maximum absolute atomic E-state index is 11.9. The normalized spacial score (nSPS) is 21.4. The van der Waals surface area contributed by atoms with Crippen LogP contribution in [0.1, 0.15) is 55.5 Å². The summed E-state index contributed by atoms with van der Waals surface area (Å²) in [5, 5.41) is 35.3. The molecule has 8 heteroatoms. The molecule has 0 saturated carbocycles. The van der Waals surface area contributed by atoms with E-state index in [0.717, 1.165) is 5.56 Å². The summed E-state index contributed by atoms with van der Waals surface area (Å²) in [6.45, 7) is 1.59. The first-order valence-corrected chi connectivity index (χ1v) is 10.9. The third kappa shape index (κ3) is 6.73.